The highest BCUT2D eigenvalue weighted by Crippen LogP contribution is 2.03. The SMILES string of the molecule is Cc1cn(Cc2ccncc2)c(=S)[nH]1. The number of aryl methyl sites for hydroxylation is 1. The quantitative estimate of drug-likeness (QED) is 0.763. The lowest BCUT2D eigenvalue weighted by molar-refractivity contribution is 0.782. The van der Waals surface area contributed by atoms with Crippen molar-refractivity contribution in [2.45, 2.75) is 13.5 Å². The van der Waals surface area contributed by atoms with Gasteiger partial charge in [0, 0.05) is 30.8 Å². The molecule has 0 unspecified atom stereocenters. The summed E-state index contributed by atoms with van der Waals surface area (Å²) in [5.41, 5.74) is 2.29. The molecule has 3 nitrogen and oxygen atoms in total. The first kappa shape index (κ1) is 9.15. The molecule has 2 rings (SSSR count). The van der Waals surface area contributed by atoms with Crippen molar-refractivity contribution in [3.8, 4) is 0 Å². The van der Waals surface area contributed by atoms with E-state index < -0.39 is 0 Å². The second-order valence-electron chi connectivity index (χ2n) is 3.23. The molecule has 0 saturated heterocycles. The maximum absolute atomic E-state index is 5.16. The average molecular weight is 205 g/mol. The predicted molar refractivity (Wildman–Crippen MR) is 57.7 cm³/mol. The van der Waals surface area contributed by atoms with E-state index in [-0.39, 0.29) is 0 Å². The molecular weight excluding hydrogens is 194 g/mol. The maximum atomic E-state index is 5.16. The Balaban J connectivity index is 2.28. The van der Waals surface area contributed by atoms with Gasteiger partial charge in [0.2, 0.25) is 0 Å². The van der Waals surface area contributed by atoms with Crippen LogP contribution in [-0.2, 0) is 6.54 Å². The van der Waals surface area contributed by atoms with Gasteiger partial charge in [-0.2, -0.15) is 0 Å². The van der Waals surface area contributed by atoms with Crippen molar-refractivity contribution < 1.29 is 0 Å². The Morgan fingerprint density at radius 1 is 1.43 bits per heavy atom. The topological polar surface area (TPSA) is 33.6 Å². The molecule has 2 heterocycles. The van der Waals surface area contributed by atoms with Crippen LogP contribution in [0.15, 0.2) is 30.7 Å². The third kappa shape index (κ3) is 1.90. The van der Waals surface area contributed by atoms with E-state index in [9.17, 15) is 0 Å². The van der Waals surface area contributed by atoms with Crippen molar-refractivity contribution in [3.63, 3.8) is 0 Å². The molecule has 2 aromatic heterocycles. The number of hydrogen-bond donors (Lipinski definition) is 1. The average Bonchev–Trinajstić information content (AvgIpc) is 2.47. The maximum Gasteiger partial charge on any atom is 0.177 e. The highest BCUT2D eigenvalue weighted by Gasteiger charge is 1.97. The van der Waals surface area contributed by atoms with Crippen LogP contribution in [0.25, 0.3) is 0 Å². The Morgan fingerprint density at radius 3 is 2.71 bits per heavy atom. The van der Waals surface area contributed by atoms with Gasteiger partial charge in [0.25, 0.3) is 0 Å². The van der Waals surface area contributed by atoms with Crippen LogP contribution in [0.4, 0.5) is 0 Å². The summed E-state index contributed by atoms with van der Waals surface area (Å²) >= 11 is 5.16. The minimum Gasteiger partial charge on any atom is -0.335 e. The summed E-state index contributed by atoms with van der Waals surface area (Å²) in [7, 11) is 0. The molecule has 1 N–H and O–H groups in total. The van der Waals surface area contributed by atoms with Crippen molar-refractivity contribution in [2.24, 2.45) is 0 Å². The molecule has 0 fully saturated rings. The fourth-order valence-corrected chi connectivity index (χ4v) is 1.65. The van der Waals surface area contributed by atoms with Crippen LogP contribution in [0, 0.1) is 11.7 Å². The number of hydrogen-bond acceptors (Lipinski definition) is 2. The standard InChI is InChI=1S/C10H11N3S/c1-8-6-13(10(14)12-8)7-9-2-4-11-5-3-9/h2-6H,7H2,1H3,(H,12,14). The van der Waals surface area contributed by atoms with Crippen LogP contribution < -0.4 is 0 Å². The van der Waals surface area contributed by atoms with Gasteiger partial charge in [0.15, 0.2) is 4.77 Å². The van der Waals surface area contributed by atoms with Gasteiger partial charge >= 0.3 is 0 Å². The molecule has 0 aliphatic carbocycles. The molecule has 0 radical (unpaired) electrons. The Hall–Kier alpha value is -1.42. The first-order valence-corrected chi connectivity index (χ1v) is 4.81. The highest BCUT2D eigenvalue weighted by atomic mass is 32.1. The number of imidazole rings is 1. The monoisotopic (exact) mass is 205 g/mol. The number of H-pyrrole nitrogens is 1. The van der Waals surface area contributed by atoms with Gasteiger partial charge in [0.1, 0.15) is 0 Å². The molecule has 14 heavy (non-hydrogen) atoms. The van der Waals surface area contributed by atoms with Gasteiger partial charge in [-0.25, -0.2) is 0 Å². The molecule has 0 aromatic carbocycles. The normalized spacial score (nSPS) is 10.4. The van der Waals surface area contributed by atoms with Crippen LogP contribution in [0.3, 0.4) is 0 Å². The van der Waals surface area contributed by atoms with Crippen molar-refractivity contribution in [1.82, 2.24) is 14.5 Å². The van der Waals surface area contributed by atoms with Crippen molar-refractivity contribution in [3.05, 3.63) is 46.8 Å². The Kier molecular flexibility index (Phi) is 2.45. The van der Waals surface area contributed by atoms with Crippen LogP contribution in [0.5, 0.6) is 0 Å². The van der Waals surface area contributed by atoms with E-state index in [0.29, 0.717) is 0 Å². The van der Waals surface area contributed by atoms with E-state index in [2.05, 4.69) is 9.97 Å². The Morgan fingerprint density at radius 2 is 2.14 bits per heavy atom. The zero-order valence-corrected chi connectivity index (χ0v) is 8.71. The third-order valence-corrected chi connectivity index (χ3v) is 2.35. The minimum atomic E-state index is 0.763. The van der Waals surface area contributed by atoms with Crippen molar-refractivity contribution >= 4 is 12.2 Å². The summed E-state index contributed by atoms with van der Waals surface area (Å²) in [6.45, 7) is 2.80. The lowest BCUT2D eigenvalue weighted by Crippen LogP contribution is -1.97. The zero-order valence-electron chi connectivity index (χ0n) is 7.90. The van der Waals surface area contributed by atoms with Crippen LogP contribution >= 0.6 is 12.2 Å². The van der Waals surface area contributed by atoms with Crippen LogP contribution in [0.2, 0.25) is 0 Å². The van der Waals surface area contributed by atoms with E-state index in [0.717, 1.165) is 17.0 Å². The van der Waals surface area contributed by atoms with E-state index in [1.54, 1.807) is 12.4 Å². The Bertz CT molecular complexity index is 470. The highest BCUT2D eigenvalue weighted by molar-refractivity contribution is 7.71. The minimum absolute atomic E-state index is 0.763. The molecule has 0 aliphatic heterocycles. The largest absolute Gasteiger partial charge is 0.335 e. The summed E-state index contributed by atoms with van der Waals surface area (Å²) in [4.78, 5) is 7.06. The van der Waals surface area contributed by atoms with E-state index >= 15 is 0 Å². The van der Waals surface area contributed by atoms with Crippen LogP contribution in [-0.4, -0.2) is 14.5 Å². The van der Waals surface area contributed by atoms with Crippen molar-refractivity contribution in [2.75, 3.05) is 0 Å². The van der Waals surface area contributed by atoms with Crippen LogP contribution in [0.1, 0.15) is 11.3 Å². The number of nitrogens with one attached hydrogen (secondary N) is 1. The van der Waals surface area contributed by atoms with E-state index in [1.807, 2.05) is 29.8 Å². The second kappa shape index (κ2) is 3.75. The molecule has 0 atom stereocenters. The van der Waals surface area contributed by atoms with Gasteiger partial charge in [-0.05, 0) is 36.8 Å². The van der Waals surface area contributed by atoms with E-state index in [1.165, 1.54) is 5.56 Å². The summed E-state index contributed by atoms with van der Waals surface area (Å²) in [5.74, 6) is 0. The number of aromatic amines is 1. The molecule has 0 amide bonds. The third-order valence-electron chi connectivity index (χ3n) is 2.02. The fraction of sp³-hybridized carbons (Fsp3) is 0.200. The molecule has 0 aliphatic rings. The lowest BCUT2D eigenvalue weighted by Gasteiger charge is -2.00. The van der Waals surface area contributed by atoms with Crippen molar-refractivity contribution in [1.29, 1.82) is 0 Å². The number of rotatable bonds is 2. The van der Waals surface area contributed by atoms with Gasteiger partial charge in [-0.15, -0.1) is 0 Å². The van der Waals surface area contributed by atoms with Gasteiger partial charge < -0.3 is 9.55 Å². The van der Waals surface area contributed by atoms with Gasteiger partial charge in [-0.3, -0.25) is 4.98 Å². The molecule has 0 bridgehead atoms. The summed E-state index contributed by atoms with van der Waals surface area (Å²) in [6.07, 6.45) is 5.60. The summed E-state index contributed by atoms with van der Waals surface area (Å²) in [5, 5.41) is 0. The molecule has 0 spiro atoms. The smallest absolute Gasteiger partial charge is 0.177 e. The molecule has 72 valence electrons. The molecule has 0 saturated carbocycles. The number of aromatic nitrogens is 3. The van der Waals surface area contributed by atoms with Gasteiger partial charge in [-0.1, -0.05) is 0 Å². The van der Waals surface area contributed by atoms with Gasteiger partial charge in [0.05, 0.1) is 0 Å². The number of nitrogens with zero attached hydrogens (tertiary/aromatic N) is 2. The lowest BCUT2D eigenvalue weighted by atomic mass is 10.3. The van der Waals surface area contributed by atoms with E-state index in [4.69, 9.17) is 12.2 Å². The first-order valence-electron chi connectivity index (χ1n) is 4.40. The zero-order chi connectivity index (χ0) is 9.97. The second-order valence-corrected chi connectivity index (χ2v) is 3.61. The summed E-state index contributed by atoms with van der Waals surface area (Å²) in [6, 6.07) is 3.98. The Labute approximate surface area is 87.4 Å². The fourth-order valence-electron chi connectivity index (χ4n) is 1.37. The first-order chi connectivity index (χ1) is 6.75. The summed E-state index contributed by atoms with van der Waals surface area (Å²) < 4.78 is 2.78. The predicted octanol–water partition coefficient (Wildman–Crippen LogP) is 2.30. The molecular formula is C10H11N3S. The number of pyridine rings is 1. The molecule has 4 heteroatoms. The molecule has 2 aromatic rings.